The lowest BCUT2D eigenvalue weighted by Gasteiger charge is -2.31. The second kappa shape index (κ2) is 6.74. The third-order valence-corrected chi connectivity index (χ3v) is 6.08. The van der Waals surface area contributed by atoms with Crippen LogP contribution in [0, 0.1) is 5.92 Å². The average molecular weight is 350 g/mol. The van der Waals surface area contributed by atoms with Crippen molar-refractivity contribution in [1.29, 1.82) is 0 Å². The van der Waals surface area contributed by atoms with Crippen molar-refractivity contribution < 1.29 is 22.8 Å². The average Bonchev–Trinajstić information content (AvgIpc) is 3.09. The van der Waals surface area contributed by atoms with Gasteiger partial charge in [0.25, 0.3) is 0 Å². The minimum Gasteiger partial charge on any atom is -0.481 e. The number of aliphatic carboxylic acids is 1. The van der Waals surface area contributed by atoms with Crippen LogP contribution in [0.3, 0.4) is 0 Å². The first kappa shape index (κ1) is 16.7. The molecule has 0 aliphatic carbocycles. The summed E-state index contributed by atoms with van der Waals surface area (Å²) in [6, 6.07) is 8.21. The number of rotatable bonds is 5. The van der Waals surface area contributed by atoms with Gasteiger partial charge < -0.3 is 9.63 Å². The van der Waals surface area contributed by atoms with Gasteiger partial charge in [-0.1, -0.05) is 17.3 Å². The molecule has 1 aromatic carbocycles. The highest BCUT2D eigenvalue weighted by molar-refractivity contribution is 7.89. The molecule has 24 heavy (non-hydrogen) atoms. The smallest absolute Gasteiger partial charge is 0.303 e. The maximum absolute atomic E-state index is 13.1. The second-order valence-electron chi connectivity index (χ2n) is 5.84. The van der Waals surface area contributed by atoms with E-state index in [1.54, 1.807) is 24.3 Å². The molecule has 1 N–H and O–H groups in total. The van der Waals surface area contributed by atoms with Crippen molar-refractivity contribution in [2.24, 2.45) is 5.92 Å². The summed E-state index contributed by atoms with van der Waals surface area (Å²) in [6.07, 6.45) is 2.82. The molecule has 1 unspecified atom stereocenters. The first-order chi connectivity index (χ1) is 11.5. The van der Waals surface area contributed by atoms with E-state index in [0.717, 1.165) is 6.42 Å². The highest BCUT2D eigenvalue weighted by Gasteiger charge is 2.33. The molecule has 0 saturated carbocycles. The summed E-state index contributed by atoms with van der Waals surface area (Å²) in [4.78, 5) is 11.1. The SMILES string of the molecule is O=C(O)CC1CCCN(S(=O)(=O)c2ccccc2-c2ccno2)C1. The van der Waals surface area contributed by atoms with Crippen LogP contribution in [-0.4, -0.2) is 42.0 Å². The highest BCUT2D eigenvalue weighted by atomic mass is 32.2. The second-order valence-corrected chi connectivity index (χ2v) is 7.75. The number of sulfonamides is 1. The molecule has 0 radical (unpaired) electrons. The maximum atomic E-state index is 13.1. The number of hydrogen-bond acceptors (Lipinski definition) is 5. The molecule has 3 rings (SSSR count). The highest BCUT2D eigenvalue weighted by Crippen LogP contribution is 2.31. The fraction of sp³-hybridized carbons (Fsp3) is 0.375. The van der Waals surface area contributed by atoms with E-state index in [0.29, 0.717) is 24.3 Å². The summed E-state index contributed by atoms with van der Waals surface area (Å²) < 4.78 is 32.6. The quantitative estimate of drug-likeness (QED) is 0.887. The Hall–Kier alpha value is -2.19. The summed E-state index contributed by atoms with van der Waals surface area (Å²) in [6.45, 7) is 0.614. The van der Waals surface area contributed by atoms with E-state index in [1.807, 2.05) is 0 Å². The summed E-state index contributed by atoms with van der Waals surface area (Å²) in [5.74, 6) is -0.682. The summed E-state index contributed by atoms with van der Waals surface area (Å²) in [7, 11) is -3.73. The van der Waals surface area contributed by atoms with Crippen molar-refractivity contribution in [1.82, 2.24) is 9.46 Å². The number of carbonyl (C=O) groups is 1. The number of nitrogens with zero attached hydrogens (tertiary/aromatic N) is 2. The van der Waals surface area contributed by atoms with E-state index in [-0.39, 0.29) is 23.8 Å². The Morgan fingerprint density at radius 3 is 2.83 bits per heavy atom. The van der Waals surface area contributed by atoms with Gasteiger partial charge in [-0.25, -0.2) is 8.42 Å². The van der Waals surface area contributed by atoms with E-state index < -0.39 is 16.0 Å². The molecule has 128 valence electrons. The van der Waals surface area contributed by atoms with Crippen molar-refractivity contribution >= 4 is 16.0 Å². The van der Waals surface area contributed by atoms with Gasteiger partial charge in [-0.05, 0) is 30.9 Å². The number of hydrogen-bond donors (Lipinski definition) is 1. The Kier molecular flexibility index (Phi) is 4.68. The molecule has 1 aliphatic rings. The molecule has 1 saturated heterocycles. The Morgan fingerprint density at radius 1 is 1.33 bits per heavy atom. The number of benzene rings is 1. The number of carboxylic acids is 1. The van der Waals surface area contributed by atoms with E-state index in [1.165, 1.54) is 16.6 Å². The van der Waals surface area contributed by atoms with Gasteiger partial charge in [0.05, 0.1) is 11.1 Å². The molecule has 0 bridgehead atoms. The Labute approximate surface area is 139 Å². The monoisotopic (exact) mass is 350 g/mol. The van der Waals surface area contributed by atoms with Crippen molar-refractivity contribution in [3.63, 3.8) is 0 Å². The van der Waals surface area contributed by atoms with Crippen LogP contribution in [0.25, 0.3) is 11.3 Å². The van der Waals surface area contributed by atoms with E-state index in [2.05, 4.69) is 5.16 Å². The standard InChI is InChI=1S/C16H18N2O5S/c19-16(20)10-12-4-3-9-18(11-12)24(21,22)15-6-2-1-5-13(15)14-7-8-17-23-14/h1-2,5-8,12H,3-4,9-11H2,(H,19,20). The van der Waals surface area contributed by atoms with Crippen LogP contribution in [0.2, 0.25) is 0 Å². The topological polar surface area (TPSA) is 101 Å². The first-order valence-electron chi connectivity index (χ1n) is 7.70. The zero-order chi connectivity index (χ0) is 17.2. The lowest BCUT2D eigenvalue weighted by Crippen LogP contribution is -2.40. The fourth-order valence-corrected chi connectivity index (χ4v) is 4.80. The number of piperidine rings is 1. The van der Waals surface area contributed by atoms with Gasteiger partial charge in [-0.2, -0.15) is 4.31 Å². The Bertz CT molecular complexity index is 817. The predicted octanol–water partition coefficient (Wildman–Crippen LogP) is 2.22. The van der Waals surface area contributed by atoms with Crippen LogP contribution in [0.15, 0.2) is 45.9 Å². The van der Waals surface area contributed by atoms with Gasteiger partial charge in [0, 0.05) is 31.1 Å². The molecular formula is C16H18N2O5S. The van der Waals surface area contributed by atoms with Crippen molar-refractivity contribution in [3.8, 4) is 11.3 Å². The van der Waals surface area contributed by atoms with E-state index in [9.17, 15) is 13.2 Å². The number of aromatic nitrogens is 1. The van der Waals surface area contributed by atoms with Crippen LogP contribution < -0.4 is 0 Å². The van der Waals surface area contributed by atoms with Gasteiger partial charge in [0.1, 0.15) is 0 Å². The largest absolute Gasteiger partial charge is 0.481 e. The summed E-state index contributed by atoms with van der Waals surface area (Å²) >= 11 is 0. The summed E-state index contributed by atoms with van der Waals surface area (Å²) in [5.41, 5.74) is 0.454. The normalized spacial score (nSPS) is 19.2. The molecule has 1 atom stereocenters. The van der Waals surface area contributed by atoms with E-state index in [4.69, 9.17) is 9.63 Å². The first-order valence-corrected chi connectivity index (χ1v) is 9.14. The van der Waals surface area contributed by atoms with Crippen LogP contribution in [0.5, 0.6) is 0 Å². The molecule has 2 aromatic rings. The van der Waals surface area contributed by atoms with Crippen LogP contribution >= 0.6 is 0 Å². The molecule has 1 aliphatic heterocycles. The minimum absolute atomic E-state index is 0.0181. The van der Waals surface area contributed by atoms with Gasteiger partial charge in [0.2, 0.25) is 10.0 Å². The third kappa shape index (κ3) is 3.34. The zero-order valence-electron chi connectivity index (χ0n) is 13.0. The molecule has 0 amide bonds. The predicted molar refractivity (Wildman–Crippen MR) is 85.7 cm³/mol. The lowest BCUT2D eigenvalue weighted by atomic mass is 9.96. The number of carboxylic acid groups (broad SMARTS) is 1. The molecule has 2 heterocycles. The fourth-order valence-electron chi connectivity index (χ4n) is 3.05. The van der Waals surface area contributed by atoms with Gasteiger partial charge in [-0.15, -0.1) is 0 Å². The lowest BCUT2D eigenvalue weighted by molar-refractivity contribution is -0.138. The van der Waals surface area contributed by atoms with Gasteiger partial charge >= 0.3 is 5.97 Å². The molecule has 0 spiro atoms. The van der Waals surface area contributed by atoms with Crippen LogP contribution in [-0.2, 0) is 14.8 Å². The third-order valence-electron chi connectivity index (χ3n) is 4.15. The Balaban J connectivity index is 1.92. The van der Waals surface area contributed by atoms with Crippen molar-refractivity contribution in [2.75, 3.05) is 13.1 Å². The maximum Gasteiger partial charge on any atom is 0.303 e. The van der Waals surface area contributed by atoms with Crippen LogP contribution in [0.4, 0.5) is 0 Å². The molecular weight excluding hydrogens is 332 g/mol. The summed E-state index contributed by atoms with van der Waals surface area (Å²) in [5, 5.41) is 12.6. The molecule has 8 heteroatoms. The molecule has 1 fully saturated rings. The van der Waals surface area contributed by atoms with Gasteiger partial charge in [-0.3, -0.25) is 4.79 Å². The van der Waals surface area contributed by atoms with Crippen molar-refractivity contribution in [2.45, 2.75) is 24.2 Å². The minimum atomic E-state index is -3.73. The van der Waals surface area contributed by atoms with E-state index >= 15 is 0 Å². The van der Waals surface area contributed by atoms with Gasteiger partial charge in [0.15, 0.2) is 5.76 Å². The van der Waals surface area contributed by atoms with Crippen molar-refractivity contribution in [3.05, 3.63) is 36.5 Å². The zero-order valence-corrected chi connectivity index (χ0v) is 13.8. The molecule has 1 aromatic heterocycles. The Morgan fingerprint density at radius 2 is 2.12 bits per heavy atom. The van der Waals surface area contributed by atoms with Crippen LogP contribution in [0.1, 0.15) is 19.3 Å². The molecule has 7 nitrogen and oxygen atoms in total.